The third kappa shape index (κ3) is 4.18. The lowest BCUT2D eigenvalue weighted by Gasteiger charge is -2.41. The number of carbonyl (C=O) groups is 1. The van der Waals surface area contributed by atoms with Crippen LogP contribution in [0, 0.1) is 19.8 Å². The maximum Gasteiger partial charge on any atom is 0.276 e. The summed E-state index contributed by atoms with van der Waals surface area (Å²) in [5.74, 6) is 2.80. The Morgan fingerprint density at radius 1 is 1.22 bits per heavy atom. The number of pyridine rings is 1. The molecule has 0 spiro atoms. The quantitative estimate of drug-likeness (QED) is 0.552. The molecule has 1 saturated heterocycles. The van der Waals surface area contributed by atoms with Crippen molar-refractivity contribution in [2.45, 2.75) is 64.2 Å². The van der Waals surface area contributed by atoms with Crippen molar-refractivity contribution in [2.24, 2.45) is 5.92 Å². The summed E-state index contributed by atoms with van der Waals surface area (Å²) in [6, 6.07) is 5.64. The zero-order chi connectivity index (χ0) is 22.1. The standard InChI is InChI=1S/C24H29N5O3/c1-16-19(17(2)31-27-16)9-10-21(30)29-13-5-11-24(15-29,14-18-7-8-18)23-26-22(32-28-23)20-6-3-4-12-25-20/h3-4,6,12,18H,5,7-11,13-15H2,1-2H3. The molecule has 8 heteroatoms. The number of rotatable bonds is 7. The summed E-state index contributed by atoms with van der Waals surface area (Å²) in [5, 5.41) is 8.39. The smallest absolute Gasteiger partial charge is 0.276 e. The van der Waals surface area contributed by atoms with E-state index in [1.54, 1.807) is 6.20 Å². The summed E-state index contributed by atoms with van der Waals surface area (Å²) < 4.78 is 10.9. The topological polar surface area (TPSA) is 98.2 Å². The molecule has 2 fully saturated rings. The number of nitrogens with zero attached hydrogens (tertiary/aromatic N) is 5. The first kappa shape index (κ1) is 20.8. The van der Waals surface area contributed by atoms with Crippen molar-refractivity contribution < 1.29 is 13.8 Å². The highest BCUT2D eigenvalue weighted by Crippen LogP contribution is 2.46. The average Bonchev–Trinajstić information content (AvgIpc) is 3.36. The lowest BCUT2D eigenvalue weighted by Crippen LogP contribution is -2.49. The number of amides is 1. The summed E-state index contributed by atoms with van der Waals surface area (Å²) in [6.45, 7) is 5.24. The maximum absolute atomic E-state index is 13.2. The second-order valence-electron chi connectivity index (χ2n) is 9.29. The van der Waals surface area contributed by atoms with Crippen LogP contribution in [0.2, 0.25) is 0 Å². The number of hydrogen-bond acceptors (Lipinski definition) is 7. The van der Waals surface area contributed by atoms with Crippen LogP contribution in [0.4, 0.5) is 0 Å². The molecular formula is C24H29N5O3. The van der Waals surface area contributed by atoms with Gasteiger partial charge in [-0.3, -0.25) is 9.78 Å². The second-order valence-corrected chi connectivity index (χ2v) is 9.29. The van der Waals surface area contributed by atoms with E-state index in [-0.39, 0.29) is 11.3 Å². The van der Waals surface area contributed by atoms with Gasteiger partial charge in [-0.1, -0.05) is 29.2 Å². The SMILES string of the molecule is Cc1noc(C)c1CCC(=O)N1CCCC(CC2CC2)(c2noc(-c3ccccn3)n2)C1. The molecule has 1 amide bonds. The van der Waals surface area contributed by atoms with Gasteiger partial charge in [0.25, 0.3) is 5.89 Å². The van der Waals surface area contributed by atoms with Gasteiger partial charge in [0, 0.05) is 31.3 Å². The molecule has 0 N–H and O–H groups in total. The number of carbonyl (C=O) groups excluding carboxylic acids is 1. The maximum atomic E-state index is 13.2. The number of piperidine rings is 1. The van der Waals surface area contributed by atoms with Crippen LogP contribution in [-0.4, -0.2) is 44.2 Å². The highest BCUT2D eigenvalue weighted by molar-refractivity contribution is 5.76. The molecule has 0 radical (unpaired) electrons. The molecule has 3 aromatic rings. The molecule has 3 aromatic heterocycles. The largest absolute Gasteiger partial charge is 0.361 e. The van der Waals surface area contributed by atoms with Crippen molar-refractivity contribution in [1.82, 2.24) is 25.2 Å². The van der Waals surface area contributed by atoms with E-state index in [1.165, 1.54) is 12.8 Å². The van der Waals surface area contributed by atoms with Gasteiger partial charge in [-0.25, -0.2) is 0 Å². The van der Waals surface area contributed by atoms with Crippen molar-refractivity contribution in [3.63, 3.8) is 0 Å². The van der Waals surface area contributed by atoms with Gasteiger partial charge in [0.05, 0.1) is 11.1 Å². The van der Waals surface area contributed by atoms with Gasteiger partial charge in [-0.05, 0) is 57.6 Å². The predicted octanol–water partition coefficient (Wildman–Crippen LogP) is 4.03. The molecule has 1 atom stereocenters. The fraction of sp³-hybridized carbons (Fsp3) is 0.542. The van der Waals surface area contributed by atoms with Crippen LogP contribution in [0.25, 0.3) is 11.6 Å². The van der Waals surface area contributed by atoms with E-state index < -0.39 is 0 Å². The average molecular weight is 436 g/mol. The van der Waals surface area contributed by atoms with Gasteiger partial charge >= 0.3 is 0 Å². The van der Waals surface area contributed by atoms with E-state index in [1.807, 2.05) is 36.9 Å². The second kappa shape index (κ2) is 8.48. The van der Waals surface area contributed by atoms with Gasteiger partial charge in [0.15, 0.2) is 5.82 Å². The molecule has 1 unspecified atom stereocenters. The fourth-order valence-corrected chi connectivity index (χ4v) is 4.94. The normalized spacial score (nSPS) is 21.1. The van der Waals surface area contributed by atoms with E-state index in [0.717, 1.165) is 42.8 Å². The predicted molar refractivity (Wildman–Crippen MR) is 117 cm³/mol. The minimum absolute atomic E-state index is 0.165. The highest BCUT2D eigenvalue weighted by atomic mass is 16.5. The fourth-order valence-electron chi connectivity index (χ4n) is 4.94. The van der Waals surface area contributed by atoms with Crippen molar-refractivity contribution in [2.75, 3.05) is 13.1 Å². The molecule has 0 aromatic carbocycles. The monoisotopic (exact) mass is 435 g/mol. The van der Waals surface area contributed by atoms with E-state index in [2.05, 4.69) is 15.3 Å². The molecule has 1 saturated carbocycles. The van der Waals surface area contributed by atoms with Crippen molar-refractivity contribution in [3.05, 3.63) is 47.2 Å². The Kier molecular flexibility index (Phi) is 5.53. The number of aryl methyl sites for hydroxylation is 2. The summed E-state index contributed by atoms with van der Waals surface area (Å²) >= 11 is 0. The van der Waals surface area contributed by atoms with Crippen molar-refractivity contribution >= 4 is 5.91 Å². The molecule has 1 aliphatic heterocycles. The molecule has 0 bridgehead atoms. The van der Waals surface area contributed by atoms with E-state index in [0.29, 0.717) is 42.7 Å². The van der Waals surface area contributed by atoms with Gasteiger partial charge in [-0.2, -0.15) is 4.98 Å². The number of aromatic nitrogens is 4. The summed E-state index contributed by atoms with van der Waals surface area (Å²) in [4.78, 5) is 24.3. The number of hydrogen-bond donors (Lipinski definition) is 0. The summed E-state index contributed by atoms with van der Waals surface area (Å²) in [6.07, 6.45) is 8.22. The summed E-state index contributed by atoms with van der Waals surface area (Å²) in [7, 11) is 0. The third-order valence-electron chi connectivity index (χ3n) is 6.86. The van der Waals surface area contributed by atoms with Crippen LogP contribution < -0.4 is 0 Å². The van der Waals surface area contributed by atoms with E-state index in [9.17, 15) is 4.79 Å². The zero-order valence-corrected chi connectivity index (χ0v) is 18.7. The Bertz CT molecular complexity index is 1070. The lowest BCUT2D eigenvalue weighted by atomic mass is 9.74. The van der Waals surface area contributed by atoms with Crippen LogP contribution in [0.15, 0.2) is 33.4 Å². The van der Waals surface area contributed by atoms with Crippen molar-refractivity contribution in [1.29, 1.82) is 0 Å². The van der Waals surface area contributed by atoms with Gasteiger partial charge < -0.3 is 13.9 Å². The number of likely N-dealkylation sites (tertiary alicyclic amines) is 1. The summed E-state index contributed by atoms with van der Waals surface area (Å²) in [5.41, 5.74) is 2.33. The first-order valence-corrected chi connectivity index (χ1v) is 11.5. The molecule has 5 rings (SSSR count). The minimum atomic E-state index is -0.255. The minimum Gasteiger partial charge on any atom is -0.361 e. The molecule has 8 nitrogen and oxygen atoms in total. The molecule has 4 heterocycles. The highest BCUT2D eigenvalue weighted by Gasteiger charge is 2.45. The van der Waals surface area contributed by atoms with Gasteiger partial charge in [-0.15, -0.1) is 0 Å². The third-order valence-corrected chi connectivity index (χ3v) is 6.86. The lowest BCUT2D eigenvalue weighted by molar-refractivity contribution is -0.133. The van der Waals surface area contributed by atoms with Crippen LogP contribution >= 0.6 is 0 Å². The van der Waals surface area contributed by atoms with Gasteiger partial charge in [0.1, 0.15) is 11.5 Å². The Hall–Kier alpha value is -3.03. The van der Waals surface area contributed by atoms with Crippen LogP contribution in [0.1, 0.15) is 61.4 Å². The zero-order valence-electron chi connectivity index (χ0n) is 18.7. The Labute approximate surface area is 187 Å². The molecule has 2 aliphatic rings. The van der Waals surface area contributed by atoms with E-state index >= 15 is 0 Å². The van der Waals surface area contributed by atoms with Crippen LogP contribution in [0.3, 0.4) is 0 Å². The molecule has 32 heavy (non-hydrogen) atoms. The first-order valence-electron chi connectivity index (χ1n) is 11.5. The molecular weight excluding hydrogens is 406 g/mol. The molecule has 168 valence electrons. The van der Waals surface area contributed by atoms with Gasteiger partial charge in [0.2, 0.25) is 5.91 Å². The Morgan fingerprint density at radius 3 is 2.81 bits per heavy atom. The Balaban J connectivity index is 1.34. The first-order chi connectivity index (χ1) is 15.5. The van der Waals surface area contributed by atoms with Crippen molar-refractivity contribution in [3.8, 4) is 11.6 Å². The van der Waals surface area contributed by atoms with Crippen LogP contribution in [-0.2, 0) is 16.6 Å². The van der Waals surface area contributed by atoms with Crippen LogP contribution in [0.5, 0.6) is 0 Å². The van der Waals surface area contributed by atoms with E-state index in [4.69, 9.17) is 14.0 Å². The molecule has 1 aliphatic carbocycles. The Morgan fingerprint density at radius 2 is 2.09 bits per heavy atom.